The third-order valence-electron chi connectivity index (χ3n) is 6.58. The molecule has 1 saturated heterocycles. The summed E-state index contributed by atoms with van der Waals surface area (Å²) >= 11 is 12.1. The summed E-state index contributed by atoms with van der Waals surface area (Å²) in [4.78, 5) is 4.92. The molecule has 2 atom stereocenters. The number of benzene rings is 1. The van der Waals surface area contributed by atoms with Gasteiger partial charge in [-0.3, -0.25) is 10.3 Å². The first kappa shape index (κ1) is 21.8. The molecular formula is C22H30BrIN4S. The number of thiocarbonyl (C=S) groups is 1. The lowest BCUT2D eigenvalue weighted by molar-refractivity contribution is 0.124. The van der Waals surface area contributed by atoms with Crippen LogP contribution in [0.4, 0.5) is 0 Å². The summed E-state index contributed by atoms with van der Waals surface area (Å²) in [5, 5.41) is 2.22. The van der Waals surface area contributed by atoms with E-state index in [0.717, 1.165) is 29.2 Å². The predicted molar refractivity (Wildman–Crippen MR) is 139 cm³/mol. The quantitative estimate of drug-likeness (QED) is 0.358. The molecule has 1 aromatic carbocycles. The lowest BCUT2D eigenvalue weighted by Crippen LogP contribution is -2.47. The van der Waals surface area contributed by atoms with Gasteiger partial charge in [-0.1, -0.05) is 6.92 Å². The molecule has 4 nitrogen and oxygen atoms in total. The van der Waals surface area contributed by atoms with Gasteiger partial charge in [0.15, 0.2) is 5.11 Å². The molecule has 1 aliphatic heterocycles. The third kappa shape index (κ3) is 3.85. The number of aromatic nitrogens is 1. The van der Waals surface area contributed by atoms with Crippen molar-refractivity contribution in [2.75, 3.05) is 31.6 Å². The van der Waals surface area contributed by atoms with Gasteiger partial charge >= 0.3 is 0 Å². The third-order valence-corrected chi connectivity index (χ3v) is 8.38. The molecule has 1 fully saturated rings. The summed E-state index contributed by atoms with van der Waals surface area (Å²) in [5.74, 6) is 0.637. The molecule has 2 aromatic rings. The van der Waals surface area contributed by atoms with Gasteiger partial charge in [0.1, 0.15) is 4.60 Å². The molecule has 4 rings (SSSR count). The maximum Gasteiger partial charge on any atom is 0.188 e. The predicted octanol–water partition coefficient (Wildman–Crippen LogP) is 5.69. The van der Waals surface area contributed by atoms with Crippen LogP contribution >= 0.6 is 50.7 Å². The number of hydrogen-bond acceptors (Lipinski definition) is 2. The van der Waals surface area contributed by atoms with Gasteiger partial charge in [-0.2, -0.15) is 0 Å². The Morgan fingerprint density at radius 2 is 2.07 bits per heavy atom. The zero-order chi connectivity index (χ0) is 20.7. The maximum absolute atomic E-state index is 5.72. The summed E-state index contributed by atoms with van der Waals surface area (Å²) in [5.41, 5.74) is 7.74. The molecule has 1 N–H and O–H groups in total. The topological polar surface area (TPSA) is 23.4 Å². The van der Waals surface area contributed by atoms with Crippen molar-refractivity contribution >= 4 is 66.8 Å². The Balaban J connectivity index is 1.82. The first-order chi connectivity index (χ1) is 14.0. The summed E-state index contributed by atoms with van der Waals surface area (Å²) in [6.07, 6.45) is 4.94. The second-order valence-electron chi connectivity index (χ2n) is 8.14. The van der Waals surface area contributed by atoms with Crippen LogP contribution in [-0.4, -0.2) is 51.8 Å². The molecule has 0 amide bonds. The van der Waals surface area contributed by atoms with Crippen LogP contribution in [0.2, 0.25) is 0 Å². The Kier molecular flexibility index (Phi) is 6.78. The largest absolute Gasteiger partial charge is 0.348 e. The van der Waals surface area contributed by atoms with Crippen LogP contribution in [0.3, 0.4) is 0 Å². The van der Waals surface area contributed by atoms with E-state index in [2.05, 4.69) is 91.3 Å². The Labute approximate surface area is 201 Å². The highest BCUT2D eigenvalue weighted by Crippen LogP contribution is 2.47. The average Bonchev–Trinajstić information content (AvgIpc) is 2.96. The monoisotopic (exact) mass is 588 g/mol. The van der Waals surface area contributed by atoms with Crippen LogP contribution in [-0.2, 0) is 6.42 Å². The first-order valence-electron chi connectivity index (χ1n) is 10.8. The van der Waals surface area contributed by atoms with Gasteiger partial charge in [-0.05, 0) is 127 Å². The van der Waals surface area contributed by atoms with Gasteiger partial charge in [0.05, 0.1) is 5.52 Å². The fourth-order valence-corrected chi connectivity index (χ4v) is 6.88. The van der Waals surface area contributed by atoms with E-state index in [0.29, 0.717) is 12.0 Å². The standard InChI is InChI=1S/C22H30BrIN4S/c1-4-9-27-10-7-8-15-16-11-14(24)12-19-20(16)17(13-18(15)27)21(23)28(19)25-22(29)26(5-2)6-3/h11-12,15,18H,4-10,13H2,1-3H3,(H,25,29)/t15-,18-/m1/s1. The van der Waals surface area contributed by atoms with Crippen molar-refractivity contribution in [2.24, 2.45) is 0 Å². The number of fused-ring (bicyclic) bond motifs is 2. The molecular weight excluding hydrogens is 559 g/mol. The summed E-state index contributed by atoms with van der Waals surface area (Å²) in [6.45, 7) is 10.8. The Morgan fingerprint density at radius 3 is 2.76 bits per heavy atom. The van der Waals surface area contributed by atoms with Gasteiger partial charge in [0, 0.05) is 34.0 Å². The molecule has 2 heterocycles. The van der Waals surface area contributed by atoms with E-state index >= 15 is 0 Å². The van der Waals surface area contributed by atoms with Crippen molar-refractivity contribution in [1.82, 2.24) is 14.5 Å². The van der Waals surface area contributed by atoms with E-state index in [-0.39, 0.29) is 0 Å². The zero-order valence-electron chi connectivity index (χ0n) is 17.5. The molecule has 1 aromatic heterocycles. The minimum Gasteiger partial charge on any atom is -0.348 e. The van der Waals surface area contributed by atoms with Crippen LogP contribution in [0.15, 0.2) is 16.7 Å². The van der Waals surface area contributed by atoms with Crippen molar-refractivity contribution in [3.05, 3.63) is 31.4 Å². The SMILES string of the molecule is CCCN1CCC[C@@H]2c3cc(I)cc4c3c(c(Br)n4NC(=S)N(CC)CC)C[C@H]21. The minimum atomic E-state index is 0.611. The summed E-state index contributed by atoms with van der Waals surface area (Å²) in [7, 11) is 0. The highest BCUT2D eigenvalue weighted by molar-refractivity contribution is 14.1. The van der Waals surface area contributed by atoms with Crippen molar-refractivity contribution in [3.63, 3.8) is 0 Å². The second kappa shape index (κ2) is 9.01. The van der Waals surface area contributed by atoms with Gasteiger partial charge in [0.25, 0.3) is 0 Å². The van der Waals surface area contributed by atoms with E-state index in [4.69, 9.17) is 12.2 Å². The molecule has 0 spiro atoms. The van der Waals surface area contributed by atoms with E-state index < -0.39 is 0 Å². The maximum atomic E-state index is 5.72. The lowest BCUT2D eigenvalue weighted by atomic mass is 9.75. The number of rotatable bonds is 5. The highest BCUT2D eigenvalue weighted by atomic mass is 127. The first-order valence-corrected chi connectivity index (χ1v) is 13.1. The molecule has 7 heteroatoms. The Morgan fingerprint density at radius 1 is 1.31 bits per heavy atom. The fourth-order valence-electron chi connectivity index (χ4n) is 5.26. The van der Waals surface area contributed by atoms with Gasteiger partial charge in [0.2, 0.25) is 0 Å². The summed E-state index contributed by atoms with van der Waals surface area (Å²) < 4.78 is 4.61. The molecule has 0 bridgehead atoms. The number of likely N-dealkylation sites (tertiary alicyclic amines) is 1. The fraction of sp³-hybridized carbons (Fsp3) is 0.591. The number of halogens is 2. The van der Waals surface area contributed by atoms with Crippen LogP contribution in [0.1, 0.15) is 57.1 Å². The minimum absolute atomic E-state index is 0.611. The smallest absolute Gasteiger partial charge is 0.188 e. The van der Waals surface area contributed by atoms with Crippen LogP contribution in [0.25, 0.3) is 10.9 Å². The molecule has 0 unspecified atom stereocenters. The molecule has 2 aliphatic rings. The zero-order valence-corrected chi connectivity index (χ0v) is 22.0. The number of piperidine rings is 1. The highest BCUT2D eigenvalue weighted by Gasteiger charge is 2.39. The van der Waals surface area contributed by atoms with Crippen molar-refractivity contribution < 1.29 is 0 Å². The molecule has 1 aliphatic carbocycles. The molecule has 0 radical (unpaired) electrons. The van der Waals surface area contributed by atoms with Gasteiger partial charge in [-0.25, -0.2) is 4.68 Å². The van der Waals surface area contributed by atoms with Gasteiger partial charge < -0.3 is 4.90 Å². The lowest BCUT2D eigenvalue weighted by Gasteiger charge is -2.44. The van der Waals surface area contributed by atoms with E-state index in [1.807, 2.05) is 0 Å². The number of nitrogens with one attached hydrogen (secondary N) is 1. The van der Waals surface area contributed by atoms with Crippen LogP contribution in [0.5, 0.6) is 0 Å². The van der Waals surface area contributed by atoms with E-state index in [1.165, 1.54) is 58.0 Å². The number of hydrogen-bond donors (Lipinski definition) is 1. The average molecular weight is 589 g/mol. The molecule has 158 valence electrons. The molecule has 0 saturated carbocycles. The normalized spacial score (nSPS) is 21.3. The van der Waals surface area contributed by atoms with Gasteiger partial charge in [-0.15, -0.1) is 0 Å². The second-order valence-corrected chi connectivity index (χ2v) is 10.5. The summed E-state index contributed by atoms with van der Waals surface area (Å²) in [6, 6.07) is 5.33. The van der Waals surface area contributed by atoms with Crippen LogP contribution < -0.4 is 5.43 Å². The van der Waals surface area contributed by atoms with E-state index in [9.17, 15) is 0 Å². The molecule has 29 heavy (non-hydrogen) atoms. The van der Waals surface area contributed by atoms with Crippen molar-refractivity contribution in [3.8, 4) is 0 Å². The van der Waals surface area contributed by atoms with Crippen molar-refractivity contribution in [1.29, 1.82) is 0 Å². The van der Waals surface area contributed by atoms with Crippen LogP contribution in [0, 0.1) is 3.57 Å². The Bertz CT molecular complexity index is 921. The number of nitrogens with zero attached hydrogens (tertiary/aromatic N) is 3. The Hall–Kier alpha value is -0.380. The van der Waals surface area contributed by atoms with E-state index in [1.54, 1.807) is 0 Å². The van der Waals surface area contributed by atoms with Crippen molar-refractivity contribution in [2.45, 2.75) is 58.4 Å².